The largest absolute Gasteiger partial charge is 0.354 e. The van der Waals surface area contributed by atoms with Gasteiger partial charge in [0.25, 0.3) is 0 Å². The molecular formula is C17H23ClN4O4S2. The van der Waals surface area contributed by atoms with Crippen LogP contribution < -0.4 is 0 Å². The summed E-state index contributed by atoms with van der Waals surface area (Å²) in [6, 6.07) is 6.56. The van der Waals surface area contributed by atoms with Gasteiger partial charge in [-0.1, -0.05) is 42.1 Å². The molecule has 1 heterocycles. The van der Waals surface area contributed by atoms with Gasteiger partial charge in [-0.25, -0.2) is 12.7 Å². The molecule has 28 heavy (non-hydrogen) atoms. The first-order chi connectivity index (χ1) is 13.2. The fraction of sp³-hybridized carbons (Fsp3) is 0.412. The average Bonchev–Trinajstić information content (AvgIpc) is 3.06. The standard InChI is InChI=1S/C17H23ClN4O4S2/c1-12(18)11-27-17-20-19-16(22(17)10-15(25-4)26-5)13-7-6-8-14(9-13)28(23,24)21(2)3/h6-9,15H,1,10-11H2,2-5H3. The van der Waals surface area contributed by atoms with Crippen molar-refractivity contribution in [3.8, 4) is 11.4 Å². The quantitative estimate of drug-likeness (QED) is 0.409. The third-order valence-electron chi connectivity index (χ3n) is 3.80. The van der Waals surface area contributed by atoms with Gasteiger partial charge in [0.1, 0.15) is 0 Å². The Labute approximate surface area is 174 Å². The molecule has 1 aromatic carbocycles. The number of thioether (sulfide) groups is 1. The van der Waals surface area contributed by atoms with E-state index in [0.29, 0.717) is 33.9 Å². The summed E-state index contributed by atoms with van der Waals surface area (Å²) in [6.45, 7) is 4.00. The number of hydrogen-bond donors (Lipinski definition) is 0. The fourth-order valence-electron chi connectivity index (χ4n) is 2.32. The molecule has 0 spiro atoms. The maximum atomic E-state index is 12.5. The Hall–Kier alpha value is -1.43. The molecular weight excluding hydrogens is 424 g/mol. The van der Waals surface area contributed by atoms with Gasteiger partial charge in [0.15, 0.2) is 17.3 Å². The van der Waals surface area contributed by atoms with E-state index in [0.717, 1.165) is 4.31 Å². The van der Waals surface area contributed by atoms with E-state index in [-0.39, 0.29) is 4.90 Å². The first kappa shape index (κ1) is 22.9. The average molecular weight is 447 g/mol. The number of ether oxygens (including phenoxy) is 2. The summed E-state index contributed by atoms with van der Waals surface area (Å²) < 4.78 is 38.5. The van der Waals surface area contributed by atoms with Gasteiger partial charge in [-0.05, 0) is 12.1 Å². The molecule has 154 valence electrons. The summed E-state index contributed by atoms with van der Waals surface area (Å²) in [5, 5.41) is 9.55. The van der Waals surface area contributed by atoms with E-state index in [1.54, 1.807) is 24.3 Å². The van der Waals surface area contributed by atoms with E-state index in [1.807, 2.05) is 4.57 Å². The zero-order chi connectivity index (χ0) is 20.9. The molecule has 2 aromatic rings. The van der Waals surface area contributed by atoms with Gasteiger partial charge >= 0.3 is 0 Å². The predicted octanol–water partition coefficient (Wildman–Crippen LogP) is 2.66. The Morgan fingerprint density at radius 2 is 2.00 bits per heavy atom. The molecule has 0 aliphatic carbocycles. The van der Waals surface area contributed by atoms with Crippen molar-refractivity contribution in [3.05, 3.63) is 35.9 Å². The van der Waals surface area contributed by atoms with Crippen molar-refractivity contribution in [2.75, 3.05) is 34.1 Å². The van der Waals surface area contributed by atoms with Crippen LogP contribution in [0.2, 0.25) is 0 Å². The molecule has 0 fully saturated rings. The normalized spacial score (nSPS) is 12.1. The lowest BCUT2D eigenvalue weighted by atomic mass is 10.2. The number of benzene rings is 1. The molecule has 0 amide bonds. The second kappa shape index (κ2) is 9.86. The van der Waals surface area contributed by atoms with Crippen molar-refractivity contribution < 1.29 is 17.9 Å². The molecule has 11 heteroatoms. The van der Waals surface area contributed by atoms with Crippen LogP contribution in [0.3, 0.4) is 0 Å². The third-order valence-corrected chi connectivity index (χ3v) is 6.96. The monoisotopic (exact) mass is 446 g/mol. The van der Waals surface area contributed by atoms with Crippen LogP contribution in [0.4, 0.5) is 0 Å². The SMILES string of the molecule is C=C(Cl)CSc1nnc(-c2cccc(S(=O)(=O)N(C)C)c2)n1CC(OC)OC. The van der Waals surface area contributed by atoms with Crippen LogP contribution in [0.15, 0.2) is 45.9 Å². The number of nitrogens with zero attached hydrogens (tertiary/aromatic N) is 4. The Morgan fingerprint density at radius 1 is 1.32 bits per heavy atom. The summed E-state index contributed by atoms with van der Waals surface area (Å²) in [6.07, 6.45) is -0.526. The molecule has 0 bridgehead atoms. The lowest BCUT2D eigenvalue weighted by Crippen LogP contribution is -2.22. The lowest BCUT2D eigenvalue weighted by Gasteiger charge is -2.17. The van der Waals surface area contributed by atoms with Crippen LogP contribution in [-0.2, 0) is 26.0 Å². The highest BCUT2D eigenvalue weighted by atomic mass is 35.5. The summed E-state index contributed by atoms with van der Waals surface area (Å²) in [7, 11) is 2.47. The van der Waals surface area contributed by atoms with Crippen LogP contribution in [0.25, 0.3) is 11.4 Å². The molecule has 0 aliphatic heterocycles. The van der Waals surface area contributed by atoms with E-state index in [4.69, 9.17) is 21.1 Å². The summed E-state index contributed by atoms with van der Waals surface area (Å²) in [5.41, 5.74) is 0.609. The van der Waals surface area contributed by atoms with Crippen molar-refractivity contribution in [2.45, 2.75) is 22.9 Å². The molecule has 2 rings (SSSR count). The molecule has 0 unspecified atom stereocenters. The van der Waals surface area contributed by atoms with Gasteiger partial charge in [-0.2, -0.15) is 0 Å². The third kappa shape index (κ3) is 5.34. The second-order valence-electron chi connectivity index (χ2n) is 5.94. The minimum atomic E-state index is -3.58. The van der Waals surface area contributed by atoms with E-state index in [1.165, 1.54) is 40.1 Å². The maximum Gasteiger partial charge on any atom is 0.242 e. The van der Waals surface area contributed by atoms with Crippen molar-refractivity contribution >= 4 is 33.4 Å². The van der Waals surface area contributed by atoms with Crippen LogP contribution in [-0.4, -0.2) is 67.8 Å². The molecule has 0 N–H and O–H groups in total. The highest BCUT2D eigenvalue weighted by Gasteiger charge is 2.21. The zero-order valence-corrected chi connectivity index (χ0v) is 18.5. The molecule has 0 atom stereocenters. The molecule has 0 radical (unpaired) electrons. The maximum absolute atomic E-state index is 12.5. The lowest BCUT2D eigenvalue weighted by molar-refractivity contribution is -0.111. The minimum Gasteiger partial charge on any atom is -0.354 e. The van der Waals surface area contributed by atoms with Gasteiger partial charge < -0.3 is 9.47 Å². The minimum absolute atomic E-state index is 0.169. The number of halogens is 1. The van der Waals surface area contributed by atoms with Crippen LogP contribution in [0, 0.1) is 0 Å². The van der Waals surface area contributed by atoms with E-state index < -0.39 is 16.3 Å². The molecule has 1 aromatic heterocycles. The summed E-state index contributed by atoms with van der Waals surface area (Å²) >= 11 is 7.24. The number of rotatable bonds is 10. The van der Waals surface area contributed by atoms with Gasteiger partial charge in [0.05, 0.1) is 11.4 Å². The molecule has 8 nitrogen and oxygen atoms in total. The van der Waals surface area contributed by atoms with Gasteiger partial charge in [0, 0.05) is 44.7 Å². The molecule has 0 aliphatic rings. The first-order valence-electron chi connectivity index (χ1n) is 8.18. The van der Waals surface area contributed by atoms with Crippen molar-refractivity contribution in [2.24, 2.45) is 0 Å². The number of sulfonamides is 1. The first-order valence-corrected chi connectivity index (χ1v) is 11.0. The Bertz CT molecular complexity index is 927. The van der Waals surface area contributed by atoms with Gasteiger partial charge in [-0.3, -0.25) is 4.57 Å². The highest BCUT2D eigenvalue weighted by Crippen LogP contribution is 2.28. The second-order valence-corrected chi connectivity index (χ2v) is 9.57. The highest BCUT2D eigenvalue weighted by molar-refractivity contribution is 7.99. The van der Waals surface area contributed by atoms with Crippen LogP contribution in [0.1, 0.15) is 0 Å². The Morgan fingerprint density at radius 3 is 2.57 bits per heavy atom. The van der Waals surface area contributed by atoms with Gasteiger partial charge in [0.2, 0.25) is 10.0 Å². The van der Waals surface area contributed by atoms with E-state index >= 15 is 0 Å². The Kier molecular flexibility index (Phi) is 8.05. The topological polar surface area (TPSA) is 86.6 Å². The van der Waals surface area contributed by atoms with Crippen molar-refractivity contribution in [3.63, 3.8) is 0 Å². The van der Waals surface area contributed by atoms with Crippen molar-refractivity contribution in [1.29, 1.82) is 0 Å². The number of hydrogen-bond acceptors (Lipinski definition) is 7. The molecule has 0 saturated carbocycles. The van der Waals surface area contributed by atoms with E-state index in [9.17, 15) is 8.42 Å². The number of aromatic nitrogens is 3. The Balaban J connectivity index is 2.51. The summed E-state index contributed by atoms with van der Waals surface area (Å²) in [5.74, 6) is 0.955. The predicted molar refractivity (Wildman–Crippen MR) is 110 cm³/mol. The smallest absolute Gasteiger partial charge is 0.242 e. The zero-order valence-electron chi connectivity index (χ0n) is 16.1. The van der Waals surface area contributed by atoms with Crippen LogP contribution >= 0.6 is 23.4 Å². The van der Waals surface area contributed by atoms with E-state index in [2.05, 4.69) is 16.8 Å². The summed E-state index contributed by atoms with van der Waals surface area (Å²) in [4.78, 5) is 0.169. The van der Waals surface area contributed by atoms with Crippen LogP contribution in [0.5, 0.6) is 0 Å². The fourth-order valence-corrected chi connectivity index (χ4v) is 4.13. The van der Waals surface area contributed by atoms with Gasteiger partial charge in [-0.15, -0.1) is 10.2 Å². The molecule has 0 saturated heterocycles. The van der Waals surface area contributed by atoms with Crippen molar-refractivity contribution in [1.82, 2.24) is 19.1 Å². The number of methoxy groups -OCH3 is 2.